The number of piperazine rings is 1. The molecule has 4 aromatic rings. The number of pyridine rings is 1. The molecule has 0 amide bonds. The maximum atomic E-state index is 16.8. The highest BCUT2D eigenvalue weighted by Gasteiger charge is 2.48. The fourth-order valence-corrected chi connectivity index (χ4v) is 7.90. The van der Waals surface area contributed by atoms with Crippen LogP contribution in [0.25, 0.3) is 32.9 Å². The van der Waals surface area contributed by atoms with Crippen LogP contribution in [0.3, 0.4) is 0 Å². The quantitative estimate of drug-likeness (QED) is 0.220. The van der Waals surface area contributed by atoms with Crippen molar-refractivity contribution in [3.05, 3.63) is 59.3 Å². The first kappa shape index (κ1) is 29.0. The summed E-state index contributed by atoms with van der Waals surface area (Å²) in [5.74, 6) is 1.18. The van der Waals surface area contributed by atoms with Crippen LogP contribution >= 0.6 is 0 Å². The number of halogens is 4. The molecule has 0 saturated carbocycles. The van der Waals surface area contributed by atoms with Gasteiger partial charge in [0.2, 0.25) is 0 Å². The average Bonchev–Trinajstić information content (AvgIpc) is 3.71. The monoisotopic (exact) mass is 630 g/mol. The number of terminal acetylenes is 1. The summed E-state index contributed by atoms with van der Waals surface area (Å²) in [6, 6.07) is 5.83. The largest absolute Gasteiger partial charge is 0.508 e. The van der Waals surface area contributed by atoms with Crippen LogP contribution < -0.4 is 15.0 Å². The van der Waals surface area contributed by atoms with Gasteiger partial charge >= 0.3 is 6.01 Å². The van der Waals surface area contributed by atoms with Gasteiger partial charge < -0.3 is 20.1 Å². The van der Waals surface area contributed by atoms with Crippen molar-refractivity contribution in [2.24, 2.45) is 0 Å². The van der Waals surface area contributed by atoms with Crippen molar-refractivity contribution < 1.29 is 27.4 Å². The molecule has 3 unspecified atom stereocenters. The third-order valence-electron chi connectivity index (χ3n) is 10.0. The number of hydrogen-bond acceptors (Lipinski definition) is 8. The summed E-state index contributed by atoms with van der Waals surface area (Å²) in [4.78, 5) is 17.8. The summed E-state index contributed by atoms with van der Waals surface area (Å²) < 4.78 is 64.9. The number of nitrogens with zero attached hydrogens (tertiary/aromatic N) is 5. The van der Waals surface area contributed by atoms with Crippen molar-refractivity contribution in [3.63, 3.8) is 0 Å². The van der Waals surface area contributed by atoms with Gasteiger partial charge in [-0.2, -0.15) is 18.7 Å². The van der Waals surface area contributed by atoms with E-state index < -0.39 is 23.3 Å². The van der Waals surface area contributed by atoms with Crippen molar-refractivity contribution in [2.75, 3.05) is 37.7 Å². The fourth-order valence-electron chi connectivity index (χ4n) is 7.90. The van der Waals surface area contributed by atoms with Crippen LogP contribution in [0.15, 0.2) is 42.1 Å². The highest BCUT2D eigenvalue weighted by atomic mass is 19.3. The van der Waals surface area contributed by atoms with Gasteiger partial charge in [-0.15, -0.1) is 6.42 Å². The van der Waals surface area contributed by atoms with Gasteiger partial charge in [-0.05, 0) is 62.2 Å². The first-order valence-electron chi connectivity index (χ1n) is 15.4. The molecule has 0 spiro atoms. The Bertz CT molecular complexity index is 1980. The number of aromatic nitrogens is 3. The smallest absolute Gasteiger partial charge is 0.319 e. The second-order valence-corrected chi connectivity index (χ2v) is 12.8. The topological polar surface area (TPSA) is 86.6 Å². The molecule has 46 heavy (non-hydrogen) atoms. The molecule has 4 saturated heterocycles. The van der Waals surface area contributed by atoms with E-state index in [1.54, 1.807) is 0 Å². The molecule has 0 radical (unpaired) electrons. The number of benzene rings is 2. The zero-order chi connectivity index (χ0) is 31.7. The number of rotatable bonds is 5. The lowest BCUT2D eigenvalue weighted by Gasteiger charge is -2.34. The fraction of sp³-hybridized carbons (Fsp3) is 0.382. The van der Waals surface area contributed by atoms with E-state index in [-0.39, 0.29) is 76.7 Å². The highest BCUT2D eigenvalue weighted by molar-refractivity contribution is 6.03. The number of ether oxygens (including phenoxy) is 1. The van der Waals surface area contributed by atoms with Gasteiger partial charge in [0.05, 0.1) is 16.5 Å². The molecular weight excluding hydrogens is 600 g/mol. The molecule has 12 heteroatoms. The van der Waals surface area contributed by atoms with E-state index in [0.717, 1.165) is 19.3 Å². The molecule has 6 heterocycles. The summed E-state index contributed by atoms with van der Waals surface area (Å²) in [6.07, 6.45) is 9.27. The molecule has 3 atom stereocenters. The molecule has 4 aliphatic heterocycles. The summed E-state index contributed by atoms with van der Waals surface area (Å²) in [5, 5.41) is 15.1. The Morgan fingerprint density at radius 1 is 1.15 bits per heavy atom. The number of phenolic OH excluding ortho intramolecular Hbond substituents is 1. The lowest BCUT2D eigenvalue weighted by Crippen LogP contribution is -2.51. The molecule has 4 aliphatic rings. The maximum Gasteiger partial charge on any atom is 0.319 e. The van der Waals surface area contributed by atoms with Crippen molar-refractivity contribution in [3.8, 4) is 35.4 Å². The number of aromatic hydroxyl groups is 1. The van der Waals surface area contributed by atoms with Gasteiger partial charge in [-0.1, -0.05) is 12.0 Å². The lowest BCUT2D eigenvalue weighted by molar-refractivity contribution is 0.108. The second-order valence-electron chi connectivity index (χ2n) is 12.8. The Balaban J connectivity index is 1.26. The molecule has 4 fully saturated rings. The van der Waals surface area contributed by atoms with E-state index in [2.05, 4.69) is 26.1 Å². The molecule has 236 valence electrons. The Labute approximate surface area is 262 Å². The predicted molar refractivity (Wildman–Crippen MR) is 165 cm³/mol. The first-order chi connectivity index (χ1) is 22.2. The number of phenols is 1. The Kier molecular flexibility index (Phi) is 6.81. The van der Waals surface area contributed by atoms with Gasteiger partial charge in [-0.25, -0.2) is 8.78 Å². The minimum Gasteiger partial charge on any atom is -0.508 e. The summed E-state index contributed by atoms with van der Waals surface area (Å²) >= 11 is 0. The van der Waals surface area contributed by atoms with Crippen molar-refractivity contribution in [2.45, 2.75) is 49.7 Å². The Morgan fingerprint density at radius 3 is 2.72 bits per heavy atom. The molecule has 8 rings (SSSR count). The molecular formula is C34H30F4N6O2. The van der Waals surface area contributed by atoms with Crippen LogP contribution in [0.2, 0.25) is 0 Å². The zero-order valence-corrected chi connectivity index (χ0v) is 24.8. The average molecular weight is 631 g/mol. The highest BCUT2D eigenvalue weighted by Crippen LogP contribution is 2.44. The van der Waals surface area contributed by atoms with Gasteiger partial charge in [0.15, 0.2) is 5.82 Å². The third kappa shape index (κ3) is 4.63. The number of fused-ring (bicyclic) bond motifs is 5. The standard InChI is InChI=1S/C34H30F4N6O2/c1-2-23-26(35)7-4-18-10-22(45)11-24(27(18)23)29-28(36)30-25(13-39-29)32(43-15-20-5-6-21(16-43)40-20)42-33(41-30)46-17-34-8-3-9-44(34)14-19(12-34)31(37)38/h1,4,7,10-11,13,20-21,40,45H,3,5-6,8-9,12,14-17H2. The minimum atomic E-state index is -1.65. The molecule has 0 aliphatic carbocycles. The number of hydrogen-bond donors (Lipinski definition) is 2. The van der Waals surface area contributed by atoms with Gasteiger partial charge in [0, 0.05) is 54.4 Å². The molecule has 2 bridgehead atoms. The molecule has 2 aromatic carbocycles. The van der Waals surface area contributed by atoms with E-state index in [1.807, 2.05) is 4.90 Å². The van der Waals surface area contributed by atoms with E-state index in [4.69, 9.17) is 16.1 Å². The normalized spacial score (nSPS) is 24.2. The number of anilines is 1. The van der Waals surface area contributed by atoms with Crippen LogP contribution in [-0.4, -0.2) is 75.4 Å². The van der Waals surface area contributed by atoms with E-state index in [1.165, 1.54) is 30.5 Å². The van der Waals surface area contributed by atoms with Crippen LogP contribution in [-0.2, 0) is 0 Å². The van der Waals surface area contributed by atoms with Gasteiger partial charge in [-0.3, -0.25) is 9.88 Å². The molecule has 8 nitrogen and oxygen atoms in total. The van der Waals surface area contributed by atoms with Crippen molar-refractivity contribution in [1.82, 2.24) is 25.2 Å². The number of nitrogens with one attached hydrogen (secondary N) is 1. The Hall–Kier alpha value is -4.47. The zero-order valence-electron chi connectivity index (χ0n) is 24.8. The predicted octanol–water partition coefficient (Wildman–Crippen LogP) is 5.52. The van der Waals surface area contributed by atoms with Crippen molar-refractivity contribution >= 4 is 27.5 Å². The van der Waals surface area contributed by atoms with Crippen LogP contribution in [0.1, 0.15) is 37.7 Å². The van der Waals surface area contributed by atoms with Crippen LogP contribution in [0, 0.1) is 24.0 Å². The van der Waals surface area contributed by atoms with Gasteiger partial charge in [0.1, 0.15) is 35.2 Å². The van der Waals surface area contributed by atoms with Crippen molar-refractivity contribution in [1.29, 1.82) is 0 Å². The summed E-state index contributed by atoms with van der Waals surface area (Å²) in [7, 11) is 0. The van der Waals surface area contributed by atoms with Crippen LogP contribution in [0.4, 0.5) is 23.4 Å². The molecule has 2 N–H and O–H groups in total. The Morgan fingerprint density at radius 2 is 1.96 bits per heavy atom. The van der Waals surface area contributed by atoms with Crippen LogP contribution in [0.5, 0.6) is 11.8 Å². The van der Waals surface area contributed by atoms with E-state index >= 15 is 4.39 Å². The maximum absolute atomic E-state index is 16.8. The molecule has 2 aromatic heterocycles. The van der Waals surface area contributed by atoms with E-state index in [0.29, 0.717) is 42.6 Å². The SMILES string of the molecule is C#Cc1c(F)ccc2cc(O)cc(-c3ncc4c(N5CC6CCC(C5)N6)nc(OCC56CCCN5CC(=C(F)F)C6)nc4c3F)c12. The minimum absolute atomic E-state index is 0.0615. The van der Waals surface area contributed by atoms with E-state index in [9.17, 15) is 18.3 Å². The first-order valence-corrected chi connectivity index (χ1v) is 15.4. The lowest BCUT2D eigenvalue weighted by atomic mass is 9.94. The summed E-state index contributed by atoms with van der Waals surface area (Å²) in [6.45, 7) is 2.25. The van der Waals surface area contributed by atoms with Gasteiger partial charge in [0.25, 0.3) is 6.08 Å². The summed E-state index contributed by atoms with van der Waals surface area (Å²) in [5.41, 5.74) is -0.688. The second kappa shape index (κ2) is 10.8. The third-order valence-corrected chi connectivity index (χ3v) is 10.0.